The first-order valence-electron chi connectivity index (χ1n) is 8.73. The van der Waals surface area contributed by atoms with Crippen LogP contribution in [0.25, 0.3) is 11.3 Å². The predicted octanol–water partition coefficient (Wildman–Crippen LogP) is 4.77. The monoisotopic (exact) mass is 384 g/mol. The molecule has 0 aliphatic heterocycles. The van der Waals surface area contributed by atoms with Crippen LogP contribution in [-0.4, -0.2) is 18.0 Å². The topological polar surface area (TPSA) is 51.2 Å². The van der Waals surface area contributed by atoms with Gasteiger partial charge in [0.1, 0.15) is 16.6 Å². The number of nitrogens with zero attached hydrogens (tertiary/aromatic N) is 1. The van der Waals surface area contributed by atoms with E-state index in [4.69, 9.17) is 4.74 Å². The van der Waals surface area contributed by atoms with Gasteiger partial charge < -0.3 is 10.1 Å². The number of hydrogen-bond donors (Lipinski definition) is 1. The van der Waals surface area contributed by atoms with Crippen molar-refractivity contribution in [3.63, 3.8) is 0 Å². The summed E-state index contributed by atoms with van der Waals surface area (Å²) in [6.45, 7) is 2.02. The second kappa shape index (κ2) is 8.77. The minimum absolute atomic E-state index is 0.0900. The van der Waals surface area contributed by atoms with Crippen LogP contribution >= 0.6 is 11.3 Å². The van der Waals surface area contributed by atoms with Crippen molar-refractivity contribution in [2.75, 3.05) is 7.11 Å². The van der Waals surface area contributed by atoms with Crippen LogP contribution in [-0.2, 0) is 11.2 Å². The first kappa shape index (κ1) is 19.0. The summed E-state index contributed by atoms with van der Waals surface area (Å²) in [6, 6.07) is 13.7. The molecule has 3 rings (SSSR count). The third-order valence-corrected chi connectivity index (χ3v) is 5.11. The van der Waals surface area contributed by atoms with E-state index < -0.39 is 0 Å². The molecule has 3 aromatic rings. The van der Waals surface area contributed by atoms with Crippen LogP contribution in [0.5, 0.6) is 5.75 Å². The number of rotatable bonds is 7. The first-order chi connectivity index (χ1) is 13.1. The molecule has 1 amide bonds. The van der Waals surface area contributed by atoms with Gasteiger partial charge >= 0.3 is 0 Å². The molecule has 0 saturated carbocycles. The van der Waals surface area contributed by atoms with Gasteiger partial charge in [-0.05, 0) is 36.8 Å². The Morgan fingerprint density at radius 3 is 2.67 bits per heavy atom. The number of halogens is 1. The van der Waals surface area contributed by atoms with Gasteiger partial charge in [0.2, 0.25) is 5.91 Å². The number of hydrogen-bond acceptors (Lipinski definition) is 4. The summed E-state index contributed by atoms with van der Waals surface area (Å²) in [5, 5.41) is 5.67. The van der Waals surface area contributed by atoms with Crippen LogP contribution < -0.4 is 10.1 Å². The SMILES string of the molecule is CCC(NC(=O)Cc1nc(-c2ccc(F)cc2)cs1)c1ccccc1OC. The molecule has 2 aromatic carbocycles. The Kier molecular flexibility index (Phi) is 6.19. The van der Waals surface area contributed by atoms with Gasteiger partial charge in [0, 0.05) is 16.5 Å². The standard InChI is InChI=1S/C21H21FN2O2S/c1-3-17(16-6-4-5-7-19(16)26-2)23-20(25)12-21-24-18(13-27-21)14-8-10-15(22)11-9-14/h4-11,13,17H,3,12H2,1-2H3,(H,23,25). The summed E-state index contributed by atoms with van der Waals surface area (Å²) in [7, 11) is 1.62. The van der Waals surface area contributed by atoms with E-state index in [1.54, 1.807) is 19.2 Å². The summed E-state index contributed by atoms with van der Waals surface area (Å²) >= 11 is 1.42. The van der Waals surface area contributed by atoms with Gasteiger partial charge in [-0.25, -0.2) is 9.37 Å². The number of para-hydroxylation sites is 1. The van der Waals surface area contributed by atoms with Crippen molar-refractivity contribution < 1.29 is 13.9 Å². The normalized spacial score (nSPS) is 11.8. The summed E-state index contributed by atoms with van der Waals surface area (Å²) in [4.78, 5) is 17.0. The van der Waals surface area contributed by atoms with Gasteiger partial charge in [-0.3, -0.25) is 4.79 Å². The molecule has 1 heterocycles. The smallest absolute Gasteiger partial charge is 0.227 e. The number of carbonyl (C=O) groups excluding carboxylic acids is 1. The van der Waals surface area contributed by atoms with E-state index in [2.05, 4.69) is 10.3 Å². The lowest BCUT2D eigenvalue weighted by Gasteiger charge is -2.19. The quantitative estimate of drug-likeness (QED) is 0.638. The van der Waals surface area contributed by atoms with Gasteiger partial charge in [0.15, 0.2) is 0 Å². The maximum Gasteiger partial charge on any atom is 0.227 e. The van der Waals surface area contributed by atoms with Crippen LogP contribution in [0.15, 0.2) is 53.9 Å². The number of benzene rings is 2. The fourth-order valence-electron chi connectivity index (χ4n) is 2.88. The van der Waals surface area contributed by atoms with E-state index >= 15 is 0 Å². The molecule has 0 bridgehead atoms. The number of nitrogens with one attached hydrogen (secondary N) is 1. The van der Waals surface area contributed by atoms with E-state index in [0.717, 1.165) is 34.0 Å². The maximum absolute atomic E-state index is 13.0. The Morgan fingerprint density at radius 1 is 1.22 bits per heavy atom. The number of ether oxygens (including phenoxy) is 1. The highest BCUT2D eigenvalue weighted by atomic mass is 32.1. The molecule has 0 aliphatic rings. The molecule has 27 heavy (non-hydrogen) atoms. The molecule has 140 valence electrons. The average molecular weight is 384 g/mol. The van der Waals surface area contributed by atoms with E-state index in [1.807, 2.05) is 36.6 Å². The second-order valence-electron chi connectivity index (χ2n) is 6.08. The first-order valence-corrected chi connectivity index (χ1v) is 9.61. The van der Waals surface area contributed by atoms with Crippen LogP contribution in [0, 0.1) is 5.82 Å². The van der Waals surface area contributed by atoms with Crippen molar-refractivity contribution in [1.29, 1.82) is 0 Å². The van der Waals surface area contributed by atoms with Gasteiger partial charge in [-0.15, -0.1) is 11.3 Å². The predicted molar refractivity (Wildman–Crippen MR) is 105 cm³/mol. The fourth-order valence-corrected chi connectivity index (χ4v) is 3.68. The highest BCUT2D eigenvalue weighted by Gasteiger charge is 2.17. The molecule has 1 unspecified atom stereocenters. The highest BCUT2D eigenvalue weighted by Crippen LogP contribution is 2.27. The summed E-state index contributed by atoms with van der Waals surface area (Å²) < 4.78 is 18.4. The maximum atomic E-state index is 13.0. The van der Waals surface area contributed by atoms with E-state index in [1.165, 1.54) is 23.5 Å². The van der Waals surface area contributed by atoms with Gasteiger partial charge in [0.05, 0.1) is 25.3 Å². The molecule has 0 fully saturated rings. The number of methoxy groups -OCH3 is 1. The second-order valence-corrected chi connectivity index (χ2v) is 7.02. The zero-order valence-corrected chi connectivity index (χ0v) is 16.1. The zero-order chi connectivity index (χ0) is 19.2. The lowest BCUT2D eigenvalue weighted by molar-refractivity contribution is -0.121. The molecular weight excluding hydrogens is 363 g/mol. The number of carbonyl (C=O) groups is 1. The fraction of sp³-hybridized carbons (Fsp3) is 0.238. The van der Waals surface area contributed by atoms with E-state index in [0.29, 0.717) is 0 Å². The van der Waals surface area contributed by atoms with Crippen molar-refractivity contribution in [1.82, 2.24) is 10.3 Å². The molecular formula is C21H21FN2O2S. The third-order valence-electron chi connectivity index (χ3n) is 4.26. The van der Waals surface area contributed by atoms with Crippen LogP contribution in [0.1, 0.15) is 30.0 Å². The van der Waals surface area contributed by atoms with Crippen LogP contribution in [0.3, 0.4) is 0 Å². The van der Waals surface area contributed by atoms with Gasteiger partial charge in [0.25, 0.3) is 0 Å². The highest BCUT2D eigenvalue weighted by molar-refractivity contribution is 7.10. The van der Waals surface area contributed by atoms with E-state index in [9.17, 15) is 9.18 Å². The van der Waals surface area contributed by atoms with Crippen LogP contribution in [0.4, 0.5) is 4.39 Å². The summed E-state index contributed by atoms with van der Waals surface area (Å²) in [6.07, 6.45) is 0.961. The molecule has 1 aromatic heterocycles. The molecule has 0 radical (unpaired) electrons. The molecule has 6 heteroatoms. The molecule has 4 nitrogen and oxygen atoms in total. The third kappa shape index (κ3) is 4.71. The summed E-state index contributed by atoms with van der Waals surface area (Å²) in [5.41, 5.74) is 2.54. The lowest BCUT2D eigenvalue weighted by atomic mass is 10.0. The molecule has 0 saturated heterocycles. The Bertz CT molecular complexity index is 909. The van der Waals surface area contributed by atoms with Crippen molar-refractivity contribution >= 4 is 17.2 Å². The average Bonchev–Trinajstić information content (AvgIpc) is 3.15. The minimum Gasteiger partial charge on any atom is -0.496 e. The Balaban J connectivity index is 1.67. The van der Waals surface area contributed by atoms with E-state index in [-0.39, 0.29) is 24.2 Å². The van der Waals surface area contributed by atoms with Crippen molar-refractivity contribution in [3.8, 4) is 17.0 Å². The van der Waals surface area contributed by atoms with Gasteiger partial charge in [-0.1, -0.05) is 25.1 Å². The molecule has 0 aliphatic carbocycles. The Labute approximate surface area is 162 Å². The summed E-state index contributed by atoms with van der Waals surface area (Å²) in [5.74, 6) is 0.390. The molecule has 0 spiro atoms. The van der Waals surface area contributed by atoms with Crippen molar-refractivity contribution in [2.24, 2.45) is 0 Å². The number of amides is 1. The Hall–Kier alpha value is -2.73. The van der Waals surface area contributed by atoms with Crippen molar-refractivity contribution in [2.45, 2.75) is 25.8 Å². The molecule has 1 atom stereocenters. The lowest BCUT2D eigenvalue weighted by Crippen LogP contribution is -2.29. The Morgan fingerprint density at radius 2 is 1.96 bits per heavy atom. The van der Waals surface area contributed by atoms with Gasteiger partial charge in [-0.2, -0.15) is 0 Å². The number of thiazole rings is 1. The number of aromatic nitrogens is 1. The largest absolute Gasteiger partial charge is 0.496 e. The molecule has 1 N–H and O–H groups in total. The minimum atomic E-state index is -0.282. The zero-order valence-electron chi connectivity index (χ0n) is 15.2. The van der Waals surface area contributed by atoms with Crippen LogP contribution in [0.2, 0.25) is 0 Å². The van der Waals surface area contributed by atoms with Crippen molar-refractivity contribution in [3.05, 3.63) is 70.3 Å².